The highest BCUT2D eigenvalue weighted by Gasteiger charge is 2.32. The molecule has 1 aromatic heterocycles. The number of benzene rings is 1. The van der Waals surface area contributed by atoms with Crippen LogP contribution in [-0.2, 0) is 11.6 Å². The Labute approximate surface area is 143 Å². The summed E-state index contributed by atoms with van der Waals surface area (Å²) >= 11 is 0. The first kappa shape index (κ1) is 17.5. The average Bonchev–Trinajstić information content (AvgIpc) is 3.29. The van der Waals surface area contributed by atoms with Gasteiger partial charge in [0, 0.05) is 23.6 Å². The molecule has 7 heteroatoms. The molecule has 1 amide bonds. The number of hydrogen-bond acceptors (Lipinski definition) is 2. The van der Waals surface area contributed by atoms with Crippen LogP contribution in [0.4, 0.5) is 13.2 Å². The summed E-state index contributed by atoms with van der Waals surface area (Å²) in [7, 11) is 0. The fraction of sp³-hybridized carbons (Fsp3) is 0.444. The fourth-order valence-corrected chi connectivity index (χ4v) is 2.67. The highest BCUT2D eigenvalue weighted by Crippen LogP contribution is 2.39. The maximum absolute atomic E-state index is 12.9. The maximum Gasteiger partial charge on any atom is 0.416 e. The third-order valence-electron chi connectivity index (χ3n) is 4.51. The Balaban J connectivity index is 1.67. The van der Waals surface area contributed by atoms with Crippen LogP contribution in [0.5, 0.6) is 0 Å². The first-order chi connectivity index (χ1) is 11.7. The predicted molar refractivity (Wildman–Crippen MR) is 87.4 cm³/mol. The SMILES string of the molecule is CC(C)(CNC(=O)c1cc(C2CC2)[nH]n1)c1cccc(C(F)(F)F)c1. The molecular weight excluding hydrogens is 331 g/mol. The number of hydrogen-bond donors (Lipinski definition) is 2. The lowest BCUT2D eigenvalue weighted by molar-refractivity contribution is -0.137. The molecule has 1 saturated carbocycles. The number of H-pyrrole nitrogens is 1. The smallest absolute Gasteiger partial charge is 0.350 e. The van der Waals surface area contributed by atoms with Crippen molar-refractivity contribution in [2.75, 3.05) is 6.54 Å². The van der Waals surface area contributed by atoms with Crippen LogP contribution in [0.3, 0.4) is 0 Å². The van der Waals surface area contributed by atoms with Crippen LogP contribution in [0.2, 0.25) is 0 Å². The van der Waals surface area contributed by atoms with Gasteiger partial charge in [0.05, 0.1) is 5.56 Å². The molecule has 1 aromatic carbocycles. The Bertz CT molecular complexity index is 776. The lowest BCUT2D eigenvalue weighted by Gasteiger charge is -2.26. The zero-order valence-corrected chi connectivity index (χ0v) is 14.1. The molecule has 0 unspecified atom stereocenters. The van der Waals surface area contributed by atoms with Crippen LogP contribution in [0, 0.1) is 0 Å². The second-order valence-corrected chi connectivity index (χ2v) is 7.13. The van der Waals surface area contributed by atoms with Gasteiger partial charge in [-0.05, 0) is 30.5 Å². The number of alkyl halides is 3. The Kier molecular flexibility index (Phi) is 4.34. The zero-order chi connectivity index (χ0) is 18.2. The first-order valence-corrected chi connectivity index (χ1v) is 8.18. The number of halogens is 3. The number of carbonyl (C=O) groups is 1. The van der Waals surface area contributed by atoms with Gasteiger partial charge in [-0.25, -0.2) is 0 Å². The minimum absolute atomic E-state index is 0.207. The van der Waals surface area contributed by atoms with E-state index in [1.165, 1.54) is 6.07 Å². The molecule has 4 nitrogen and oxygen atoms in total. The van der Waals surface area contributed by atoms with Crippen molar-refractivity contribution < 1.29 is 18.0 Å². The van der Waals surface area contributed by atoms with Gasteiger partial charge in [0.1, 0.15) is 5.69 Å². The van der Waals surface area contributed by atoms with Crippen molar-refractivity contribution >= 4 is 5.91 Å². The molecule has 0 saturated heterocycles. The van der Waals surface area contributed by atoms with E-state index in [0.717, 1.165) is 30.7 Å². The van der Waals surface area contributed by atoms with Crippen molar-refractivity contribution in [3.05, 3.63) is 52.8 Å². The quantitative estimate of drug-likeness (QED) is 0.855. The highest BCUT2D eigenvalue weighted by molar-refractivity contribution is 5.92. The van der Waals surface area contributed by atoms with Gasteiger partial charge in [-0.1, -0.05) is 32.0 Å². The molecule has 3 rings (SSSR count). The summed E-state index contributed by atoms with van der Waals surface area (Å²) in [6, 6.07) is 6.94. The number of amides is 1. The molecule has 2 aromatic rings. The van der Waals surface area contributed by atoms with E-state index < -0.39 is 17.2 Å². The van der Waals surface area contributed by atoms with Gasteiger partial charge in [-0.3, -0.25) is 9.89 Å². The fourth-order valence-electron chi connectivity index (χ4n) is 2.67. The molecule has 0 aliphatic heterocycles. The van der Waals surface area contributed by atoms with Crippen molar-refractivity contribution in [2.45, 2.75) is 44.2 Å². The van der Waals surface area contributed by atoms with E-state index in [-0.39, 0.29) is 12.5 Å². The summed E-state index contributed by atoms with van der Waals surface area (Å²) in [6.07, 6.45) is -2.18. The average molecular weight is 351 g/mol. The van der Waals surface area contributed by atoms with E-state index in [4.69, 9.17) is 0 Å². The summed E-state index contributed by atoms with van der Waals surface area (Å²) in [4.78, 5) is 12.2. The van der Waals surface area contributed by atoms with Crippen molar-refractivity contribution in [1.82, 2.24) is 15.5 Å². The minimum atomic E-state index is -4.39. The van der Waals surface area contributed by atoms with Gasteiger partial charge in [-0.2, -0.15) is 18.3 Å². The highest BCUT2D eigenvalue weighted by atomic mass is 19.4. The van der Waals surface area contributed by atoms with E-state index in [1.807, 2.05) is 0 Å². The molecule has 1 aliphatic rings. The van der Waals surface area contributed by atoms with Crippen molar-refractivity contribution in [3.8, 4) is 0 Å². The Hall–Kier alpha value is -2.31. The number of nitrogens with zero attached hydrogens (tertiary/aromatic N) is 1. The summed E-state index contributed by atoms with van der Waals surface area (Å²) in [5.41, 5.74) is 0.449. The van der Waals surface area contributed by atoms with Gasteiger partial charge >= 0.3 is 6.18 Å². The molecule has 134 valence electrons. The normalized spacial score (nSPS) is 15.2. The molecule has 0 bridgehead atoms. The largest absolute Gasteiger partial charge is 0.416 e. The van der Waals surface area contributed by atoms with Crippen LogP contribution in [0.25, 0.3) is 0 Å². The third kappa shape index (κ3) is 4.03. The molecule has 0 spiro atoms. The molecular formula is C18H20F3N3O. The number of aromatic amines is 1. The second kappa shape index (κ2) is 6.20. The predicted octanol–water partition coefficient (Wildman–Crippen LogP) is 4.01. The Morgan fingerprint density at radius 2 is 1.92 bits per heavy atom. The molecule has 0 atom stereocenters. The van der Waals surface area contributed by atoms with Gasteiger partial charge in [0.15, 0.2) is 0 Å². The summed E-state index contributed by atoms with van der Waals surface area (Å²) in [5, 5.41) is 9.64. The molecule has 1 aliphatic carbocycles. The number of rotatable bonds is 5. The van der Waals surface area contributed by atoms with E-state index >= 15 is 0 Å². The maximum atomic E-state index is 12.9. The third-order valence-corrected chi connectivity index (χ3v) is 4.51. The summed E-state index contributed by atoms with van der Waals surface area (Å²) in [6.45, 7) is 3.80. The van der Waals surface area contributed by atoms with Crippen LogP contribution in [-0.4, -0.2) is 22.6 Å². The van der Waals surface area contributed by atoms with Gasteiger partial charge in [-0.15, -0.1) is 0 Å². The number of nitrogens with one attached hydrogen (secondary N) is 2. The summed E-state index contributed by atoms with van der Waals surface area (Å²) in [5.74, 6) is 0.138. The summed E-state index contributed by atoms with van der Waals surface area (Å²) < 4.78 is 38.6. The molecule has 1 fully saturated rings. The first-order valence-electron chi connectivity index (χ1n) is 8.18. The molecule has 2 N–H and O–H groups in total. The topological polar surface area (TPSA) is 57.8 Å². The molecule has 0 radical (unpaired) electrons. The van der Waals surface area contributed by atoms with Crippen molar-refractivity contribution in [1.29, 1.82) is 0 Å². The van der Waals surface area contributed by atoms with Gasteiger partial charge < -0.3 is 5.32 Å². The van der Waals surface area contributed by atoms with Crippen LogP contribution in [0.15, 0.2) is 30.3 Å². The lowest BCUT2D eigenvalue weighted by Crippen LogP contribution is -2.37. The number of carbonyl (C=O) groups excluding carboxylic acids is 1. The van der Waals surface area contributed by atoms with Crippen LogP contribution >= 0.6 is 0 Å². The van der Waals surface area contributed by atoms with Gasteiger partial charge in [0.25, 0.3) is 5.91 Å². The Morgan fingerprint density at radius 3 is 2.56 bits per heavy atom. The van der Waals surface area contributed by atoms with E-state index in [1.54, 1.807) is 26.0 Å². The standard InChI is InChI=1S/C18H20F3N3O/c1-17(2,12-4-3-5-13(8-12)18(19,20)21)10-22-16(25)15-9-14(23-24-15)11-6-7-11/h3-5,8-9,11H,6-7,10H2,1-2H3,(H,22,25)(H,23,24). The lowest BCUT2D eigenvalue weighted by atomic mass is 9.83. The van der Waals surface area contributed by atoms with Crippen LogP contribution < -0.4 is 5.32 Å². The van der Waals surface area contributed by atoms with Gasteiger partial charge in [0.2, 0.25) is 0 Å². The molecule has 25 heavy (non-hydrogen) atoms. The van der Waals surface area contributed by atoms with Crippen molar-refractivity contribution in [2.24, 2.45) is 0 Å². The number of aromatic nitrogens is 2. The Morgan fingerprint density at radius 1 is 1.24 bits per heavy atom. The zero-order valence-electron chi connectivity index (χ0n) is 14.1. The van der Waals surface area contributed by atoms with Crippen LogP contribution in [0.1, 0.15) is 59.9 Å². The minimum Gasteiger partial charge on any atom is -0.350 e. The van der Waals surface area contributed by atoms with Crippen molar-refractivity contribution in [3.63, 3.8) is 0 Å². The van der Waals surface area contributed by atoms with E-state index in [9.17, 15) is 18.0 Å². The van der Waals surface area contributed by atoms with E-state index in [0.29, 0.717) is 17.2 Å². The monoisotopic (exact) mass is 351 g/mol. The second-order valence-electron chi connectivity index (χ2n) is 7.13. The van der Waals surface area contributed by atoms with E-state index in [2.05, 4.69) is 15.5 Å². The molecule has 1 heterocycles.